The molecule has 0 saturated carbocycles. The molecule has 0 saturated heterocycles. The van der Waals surface area contributed by atoms with Crippen molar-refractivity contribution in [1.29, 1.82) is 0 Å². The Morgan fingerprint density at radius 3 is 2.26 bits per heavy atom. The van der Waals surface area contributed by atoms with Gasteiger partial charge >= 0.3 is 0 Å². The van der Waals surface area contributed by atoms with Gasteiger partial charge in [0.25, 0.3) is 11.8 Å². The lowest BCUT2D eigenvalue weighted by Crippen LogP contribution is -2.37. The van der Waals surface area contributed by atoms with Crippen LogP contribution in [0.25, 0.3) is 5.57 Å². The van der Waals surface area contributed by atoms with Gasteiger partial charge in [0, 0.05) is 45.3 Å². The third-order valence-corrected chi connectivity index (χ3v) is 5.03. The van der Waals surface area contributed by atoms with E-state index < -0.39 is 0 Å². The van der Waals surface area contributed by atoms with E-state index >= 15 is 0 Å². The van der Waals surface area contributed by atoms with Gasteiger partial charge in [-0.15, -0.1) is 0 Å². The van der Waals surface area contributed by atoms with Crippen LogP contribution in [0.15, 0.2) is 54.5 Å². The molecule has 0 N–H and O–H groups in total. The van der Waals surface area contributed by atoms with Gasteiger partial charge in [-0.05, 0) is 17.7 Å². The zero-order valence-electron chi connectivity index (χ0n) is 18.0. The lowest BCUT2D eigenvalue weighted by molar-refractivity contribution is -0.138. The number of carbonyl (C=O) groups is 2. The first-order valence-corrected chi connectivity index (χ1v) is 9.98. The van der Waals surface area contributed by atoms with E-state index in [0.29, 0.717) is 48.9 Å². The minimum absolute atomic E-state index is 0.135. The van der Waals surface area contributed by atoms with Crippen molar-refractivity contribution in [3.8, 4) is 5.75 Å². The summed E-state index contributed by atoms with van der Waals surface area (Å²) in [6.45, 7) is 1.81. The predicted octanol–water partition coefficient (Wildman–Crippen LogP) is 1.97. The molecule has 0 radical (unpaired) electrons. The molecule has 0 bridgehead atoms. The van der Waals surface area contributed by atoms with Gasteiger partial charge < -0.3 is 19.1 Å². The van der Waals surface area contributed by atoms with E-state index in [4.69, 9.17) is 14.2 Å². The van der Waals surface area contributed by atoms with Crippen LogP contribution >= 0.6 is 0 Å². The Labute approximate surface area is 182 Å². The minimum atomic E-state index is -0.367. The molecule has 1 aromatic carbocycles. The van der Waals surface area contributed by atoms with Crippen molar-refractivity contribution in [2.24, 2.45) is 0 Å². The second-order valence-corrected chi connectivity index (χ2v) is 6.95. The molecule has 0 unspecified atom stereocenters. The number of rotatable bonds is 11. The van der Waals surface area contributed by atoms with Crippen LogP contribution in [0.2, 0.25) is 0 Å². The molecule has 31 heavy (non-hydrogen) atoms. The first-order chi connectivity index (χ1) is 15.1. The molecule has 3 rings (SSSR count). The molecule has 0 aliphatic carbocycles. The zero-order valence-corrected chi connectivity index (χ0v) is 18.0. The molecule has 0 spiro atoms. The number of hydrogen-bond acceptors (Lipinski definition) is 7. The fraction of sp³-hybridized carbons (Fsp3) is 0.348. The summed E-state index contributed by atoms with van der Waals surface area (Å²) in [5, 5.41) is 0. The van der Waals surface area contributed by atoms with Gasteiger partial charge in [0.05, 0.1) is 32.4 Å². The maximum Gasteiger partial charge on any atom is 0.278 e. The summed E-state index contributed by atoms with van der Waals surface area (Å²) in [7, 11) is 4.74. The molecular weight excluding hydrogens is 398 g/mol. The third kappa shape index (κ3) is 4.92. The third-order valence-electron chi connectivity index (χ3n) is 5.03. The molecule has 2 amide bonds. The standard InChI is InChI=1S/C23H27N3O5/c1-29-13-11-25(12-14-30-2)21-20(18-8-4-5-9-19(18)31-3)22(27)26(23(21)28)16-17-7-6-10-24-15-17/h4-10,15H,11-14,16H2,1-3H3. The number of carbonyl (C=O) groups excluding carboxylic acids is 2. The normalized spacial score (nSPS) is 13.8. The van der Waals surface area contributed by atoms with Gasteiger partial charge in [-0.25, -0.2) is 0 Å². The van der Waals surface area contributed by atoms with E-state index in [1.807, 2.05) is 23.1 Å². The predicted molar refractivity (Wildman–Crippen MR) is 115 cm³/mol. The van der Waals surface area contributed by atoms with Crippen molar-refractivity contribution in [3.05, 3.63) is 65.6 Å². The molecule has 8 nitrogen and oxygen atoms in total. The van der Waals surface area contributed by atoms with E-state index in [9.17, 15) is 9.59 Å². The van der Waals surface area contributed by atoms with Crippen molar-refractivity contribution < 1.29 is 23.8 Å². The SMILES string of the molecule is COCCN(CCOC)C1=C(c2ccccc2OC)C(=O)N(Cc2cccnc2)C1=O. The number of ether oxygens (including phenoxy) is 3. The van der Waals surface area contributed by atoms with E-state index in [1.54, 1.807) is 51.9 Å². The van der Waals surface area contributed by atoms with Gasteiger partial charge in [0.1, 0.15) is 11.4 Å². The van der Waals surface area contributed by atoms with Crippen molar-refractivity contribution in [2.45, 2.75) is 6.54 Å². The van der Waals surface area contributed by atoms with E-state index in [0.717, 1.165) is 5.56 Å². The maximum atomic E-state index is 13.5. The number of aromatic nitrogens is 1. The maximum absolute atomic E-state index is 13.5. The van der Waals surface area contributed by atoms with Crippen molar-refractivity contribution in [2.75, 3.05) is 47.6 Å². The van der Waals surface area contributed by atoms with Gasteiger partial charge in [0.15, 0.2) is 0 Å². The molecule has 8 heteroatoms. The zero-order chi connectivity index (χ0) is 22.2. The van der Waals surface area contributed by atoms with E-state index in [1.165, 1.54) is 4.90 Å². The summed E-state index contributed by atoms with van der Waals surface area (Å²) in [5.41, 5.74) is 1.99. The Bertz CT molecular complexity index is 937. The number of methoxy groups -OCH3 is 3. The Morgan fingerprint density at radius 2 is 1.65 bits per heavy atom. The number of para-hydroxylation sites is 1. The van der Waals surface area contributed by atoms with Crippen LogP contribution in [0, 0.1) is 0 Å². The van der Waals surface area contributed by atoms with Crippen molar-refractivity contribution in [1.82, 2.24) is 14.8 Å². The average Bonchev–Trinajstić information content (AvgIpc) is 3.04. The van der Waals surface area contributed by atoms with Crippen molar-refractivity contribution in [3.63, 3.8) is 0 Å². The van der Waals surface area contributed by atoms with Gasteiger partial charge in [0.2, 0.25) is 0 Å². The Kier molecular flexibility index (Phi) is 7.75. The van der Waals surface area contributed by atoms with Gasteiger partial charge in [-0.3, -0.25) is 19.5 Å². The summed E-state index contributed by atoms with van der Waals surface area (Å²) in [6, 6.07) is 10.8. The van der Waals surface area contributed by atoms with Gasteiger partial charge in [-0.1, -0.05) is 24.3 Å². The van der Waals surface area contributed by atoms with Crippen LogP contribution < -0.4 is 4.74 Å². The molecule has 1 aliphatic rings. The minimum Gasteiger partial charge on any atom is -0.496 e. The average molecular weight is 425 g/mol. The largest absolute Gasteiger partial charge is 0.496 e. The Balaban J connectivity index is 2.08. The number of amides is 2. The lowest BCUT2D eigenvalue weighted by atomic mass is 10.0. The summed E-state index contributed by atoms with van der Waals surface area (Å²) < 4.78 is 16.0. The number of pyridine rings is 1. The summed E-state index contributed by atoms with van der Waals surface area (Å²) in [5.74, 6) is -0.201. The highest BCUT2D eigenvalue weighted by Gasteiger charge is 2.42. The highest BCUT2D eigenvalue weighted by atomic mass is 16.5. The monoisotopic (exact) mass is 425 g/mol. The van der Waals surface area contributed by atoms with Crippen LogP contribution in [0.4, 0.5) is 0 Å². The number of hydrogen-bond donors (Lipinski definition) is 0. The van der Waals surface area contributed by atoms with Crippen LogP contribution in [0.3, 0.4) is 0 Å². The van der Waals surface area contributed by atoms with Crippen molar-refractivity contribution >= 4 is 17.4 Å². The lowest BCUT2D eigenvalue weighted by Gasteiger charge is -2.25. The second-order valence-electron chi connectivity index (χ2n) is 6.95. The smallest absolute Gasteiger partial charge is 0.278 e. The summed E-state index contributed by atoms with van der Waals surface area (Å²) in [4.78, 5) is 34.3. The van der Waals surface area contributed by atoms with Gasteiger partial charge in [-0.2, -0.15) is 0 Å². The molecule has 1 aliphatic heterocycles. The number of imide groups is 1. The fourth-order valence-corrected chi connectivity index (χ4v) is 3.51. The Morgan fingerprint density at radius 1 is 0.935 bits per heavy atom. The summed E-state index contributed by atoms with van der Waals surface area (Å²) in [6.07, 6.45) is 3.30. The quantitative estimate of drug-likeness (QED) is 0.509. The van der Waals surface area contributed by atoms with Crippen LogP contribution in [-0.4, -0.2) is 74.2 Å². The topological polar surface area (TPSA) is 81.2 Å². The molecule has 1 aromatic heterocycles. The fourth-order valence-electron chi connectivity index (χ4n) is 3.51. The van der Waals surface area contributed by atoms with Crippen LogP contribution in [0.1, 0.15) is 11.1 Å². The van der Waals surface area contributed by atoms with E-state index in [-0.39, 0.29) is 18.4 Å². The second kappa shape index (κ2) is 10.7. The first kappa shape index (κ1) is 22.5. The number of benzene rings is 1. The molecular formula is C23H27N3O5. The van der Waals surface area contributed by atoms with Crippen LogP contribution in [0.5, 0.6) is 5.75 Å². The first-order valence-electron chi connectivity index (χ1n) is 9.98. The number of nitrogens with zero attached hydrogens (tertiary/aromatic N) is 3. The molecule has 164 valence electrons. The van der Waals surface area contributed by atoms with Crippen LogP contribution in [-0.2, 0) is 25.6 Å². The Hall–Kier alpha value is -3.23. The molecule has 0 atom stereocenters. The van der Waals surface area contributed by atoms with E-state index in [2.05, 4.69) is 4.98 Å². The molecule has 0 fully saturated rings. The molecule has 2 heterocycles. The highest BCUT2D eigenvalue weighted by Crippen LogP contribution is 2.36. The highest BCUT2D eigenvalue weighted by molar-refractivity contribution is 6.35. The summed E-state index contributed by atoms with van der Waals surface area (Å²) >= 11 is 0. The molecule has 2 aromatic rings.